The van der Waals surface area contributed by atoms with Crippen LogP contribution in [0.15, 0.2) is 42.9 Å². The zero-order valence-electron chi connectivity index (χ0n) is 13.4. The average Bonchev–Trinajstić information content (AvgIpc) is 2.63. The van der Waals surface area contributed by atoms with Crippen molar-refractivity contribution in [2.75, 3.05) is 23.3 Å². The van der Waals surface area contributed by atoms with Gasteiger partial charge in [-0.05, 0) is 37.0 Å². The number of anilines is 2. The Morgan fingerprint density at radius 2 is 2.30 bits per heavy atom. The molecule has 0 saturated carbocycles. The molecule has 120 valence electrons. The number of nitrogens with one attached hydrogen (secondary N) is 1. The van der Waals surface area contributed by atoms with Crippen LogP contribution >= 0.6 is 0 Å². The topological polar surface area (TPSA) is 58.1 Å². The van der Waals surface area contributed by atoms with Crippen molar-refractivity contribution < 1.29 is 4.79 Å². The molecule has 1 aliphatic rings. The Hall–Kier alpha value is -2.43. The van der Waals surface area contributed by atoms with Crippen molar-refractivity contribution in [3.8, 4) is 0 Å². The lowest BCUT2D eigenvalue weighted by Gasteiger charge is -2.32. The van der Waals surface area contributed by atoms with Gasteiger partial charge in [-0.25, -0.2) is 4.98 Å². The number of aromatic nitrogens is 2. The highest BCUT2D eigenvalue weighted by atomic mass is 16.1. The third kappa shape index (κ3) is 3.86. The van der Waals surface area contributed by atoms with E-state index in [1.165, 1.54) is 5.56 Å². The summed E-state index contributed by atoms with van der Waals surface area (Å²) in [6.45, 7) is 3.73. The first-order valence-corrected chi connectivity index (χ1v) is 8.17. The summed E-state index contributed by atoms with van der Waals surface area (Å²) in [5, 5.41) is 3.06. The molecule has 1 aromatic carbocycles. The van der Waals surface area contributed by atoms with E-state index < -0.39 is 0 Å². The second-order valence-electron chi connectivity index (χ2n) is 5.89. The molecule has 5 heteroatoms. The minimum atomic E-state index is -0.0176. The van der Waals surface area contributed by atoms with Crippen LogP contribution in [0.1, 0.15) is 25.3 Å². The van der Waals surface area contributed by atoms with E-state index in [2.05, 4.69) is 33.2 Å². The molecule has 1 atom stereocenters. The SMILES string of the molecule is CCc1cccc(NC(=O)[C@H]2CCCN(c3cnccn3)C2)c1. The van der Waals surface area contributed by atoms with E-state index in [9.17, 15) is 4.79 Å². The van der Waals surface area contributed by atoms with Crippen molar-refractivity contribution in [2.24, 2.45) is 5.92 Å². The fraction of sp³-hybridized carbons (Fsp3) is 0.389. The summed E-state index contributed by atoms with van der Waals surface area (Å²) in [7, 11) is 0. The van der Waals surface area contributed by atoms with Crippen LogP contribution in [0.3, 0.4) is 0 Å². The van der Waals surface area contributed by atoms with Crippen LogP contribution in [0.5, 0.6) is 0 Å². The molecule has 0 radical (unpaired) electrons. The fourth-order valence-corrected chi connectivity index (χ4v) is 2.97. The molecular weight excluding hydrogens is 288 g/mol. The Kier molecular flexibility index (Phi) is 4.86. The lowest BCUT2D eigenvalue weighted by atomic mass is 9.97. The second-order valence-corrected chi connectivity index (χ2v) is 5.89. The van der Waals surface area contributed by atoms with Crippen LogP contribution in [0.4, 0.5) is 11.5 Å². The van der Waals surface area contributed by atoms with E-state index in [4.69, 9.17) is 0 Å². The van der Waals surface area contributed by atoms with Gasteiger partial charge in [0, 0.05) is 31.2 Å². The second kappa shape index (κ2) is 7.22. The Balaban J connectivity index is 1.65. The largest absolute Gasteiger partial charge is 0.355 e. The summed E-state index contributed by atoms with van der Waals surface area (Å²) in [6, 6.07) is 8.05. The number of aryl methyl sites for hydroxylation is 1. The average molecular weight is 310 g/mol. The third-order valence-electron chi connectivity index (χ3n) is 4.27. The number of rotatable bonds is 4. The fourth-order valence-electron chi connectivity index (χ4n) is 2.97. The predicted octanol–water partition coefficient (Wildman–Crippen LogP) is 2.89. The maximum absolute atomic E-state index is 12.6. The summed E-state index contributed by atoms with van der Waals surface area (Å²) in [4.78, 5) is 23.2. The number of piperidine rings is 1. The molecule has 0 unspecified atom stereocenters. The molecular formula is C18H22N4O. The van der Waals surface area contributed by atoms with Crippen LogP contribution in [-0.4, -0.2) is 29.0 Å². The van der Waals surface area contributed by atoms with Gasteiger partial charge in [0.2, 0.25) is 5.91 Å². The van der Waals surface area contributed by atoms with E-state index in [1.807, 2.05) is 18.2 Å². The number of carbonyl (C=O) groups is 1. The van der Waals surface area contributed by atoms with Crippen LogP contribution in [0.2, 0.25) is 0 Å². The van der Waals surface area contributed by atoms with Gasteiger partial charge in [-0.2, -0.15) is 0 Å². The summed E-state index contributed by atoms with van der Waals surface area (Å²) in [6.07, 6.45) is 7.98. The number of benzene rings is 1. The van der Waals surface area contributed by atoms with Gasteiger partial charge >= 0.3 is 0 Å². The van der Waals surface area contributed by atoms with Crippen LogP contribution in [-0.2, 0) is 11.2 Å². The van der Waals surface area contributed by atoms with Crippen molar-refractivity contribution in [1.29, 1.82) is 0 Å². The summed E-state index contributed by atoms with van der Waals surface area (Å²) >= 11 is 0. The van der Waals surface area contributed by atoms with Crippen LogP contribution in [0.25, 0.3) is 0 Å². The van der Waals surface area contributed by atoms with Crippen molar-refractivity contribution in [3.05, 3.63) is 48.4 Å². The zero-order valence-corrected chi connectivity index (χ0v) is 13.4. The third-order valence-corrected chi connectivity index (χ3v) is 4.27. The number of hydrogen-bond donors (Lipinski definition) is 1. The Morgan fingerprint density at radius 3 is 3.09 bits per heavy atom. The molecule has 0 spiro atoms. The van der Waals surface area contributed by atoms with Crippen molar-refractivity contribution in [3.63, 3.8) is 0 Å². The molecule has 0 bridgehead atoms. The molecule has 23 heavy (non-hydrogen) atoms. The maximum atomic E-state index is 12.6. The van der Waals surface area contributed by atoms with Gasteiger partial charge in [-0.3, -0.25) is 9.78 Å². The van der Waals surface area contributed by atoms with Gasteiger partial charge in [0.25, 0.3) is 0 Å². The molecule has 1 aliphatic heterocycles. The molecule has 5 nitrogen and oxygen atoms in total. The van der Waals surface area contributed by atoms with E-state index in [0.717, 1.165) is 37.3 Å². The van der Waals surface area contributed by atoms with Gasteiger partial charge in [-0.15, -0.1) is 0 Å². The van der Waals surface area contributed by atoms with Crippen molar-refractivity contribution >= 4 is 17.4 Å². The zero-order chi connectivity index (χ0) is 16.1. The van der Waals surface area contributed by atoms with Crippen molar-refractivity contribution in [1.82, 2.24) is 9.97 Å². The van der Waals surface area contributed by atoms with Crippen molar-refractivity contribution in [2.45, 2.75) is 26.2 Å². The van der Waals surface area contributed by atoms with E-state index in [-0.39, 0.29) is 11.8 Å². The van der Waals surface area contributed by atoms with Gasteiger partial charge in [0.1, 0.15) is 5.82 Å². The van der Waals surface area contributed by atoms with E-state index in [1.54, 1.807) is 18.6 Å². The van der Waals surface area contributed by atoms with E-state index in [0.29, 0.717) is 6.54 Å². The molecule has 0 aliphatic carbocycles. The normalized spacial score (nSPS) is 17.8. The Bertz CT molecular complexity index is 659. The molecule has 3 rings (SSSR count). The summed E-state index contributed by atoms with van der Waals surface area (Å²) < 4.78 is 0. The maximum Gasteiger partial charge on any atom is 0.229 e. The molecule has 1 saturated heterocycles. The summed E-state index contributed by atoms with van der Waals surface area (Å²) in [5.74, 6) is 0.917. The first-order chi connectivity index (χ1) is 11.3. The van der Waals surface area contributed by atoms with Gasteiger partial charge in [0.05, 0.1) is 12.1 Å². The molecule has 1 N–H and O–H groups in total. The summed E-state index contributed by atoms with van der Waals surface area (Å²) in [5.41, 5.74) is 2.11. The quantitative estimate of drug-likeness (QED) is 0.943. The first-order valence-electron chi connectivity index (χ1n) is 8.17. The predicted molar refractivity (Wildman–Crippen MR) is 91.4 cm³/mol. The highest BCUT2D eigenvalue weighted by molar-refractivity contribution is 5.93. The minimum absolute atomic E-state index is 0.0176. The Morgan fingerprint density at radius 1 is 1.39 bits per heavy atom. The number of amides is 1. The standard InChI is InChI=1S/C18H22N4O/c1-2-14-5-3-7-16(11-14)21-18(23)15-6-4-10-22(13-15)17-12-19-8-9-20-17/h3,5,7-9,11-12,15H,2,4,6,10,13H2,1H3,(H,21,23)/t15-/m0/s1. The highest BCUT2D eigenvalue weighted by Gasteiger charge is 2.26. The minimum Gasteiger partial charge on any atom is -0.355 e. The van der Waals surface area contributed by atoms with Crippen LogP contribution < -0.4 is 10.2 Å². The number of carbonyl (C=O) groups excluding carboxylic acids is 1. The smallest absolute Gasteiger partial charge is 0.229 e. The molecule has 1 amide bonds. The number of nitrogens with zero attached hydrogens (tertiary/aromatic N) is 3. The van der Waals surface area contributed by atoms with Gasteiger partial charge in [0.15, 0.2) is 0 Å². The van der Waals surface area contributed by atoms with Crippen LogP contribution in [0, 0.1) is 5.92 Å². The number of hydrogen-bond acceptors (Lipinski definition) is 4. The highest BCUT2D eigenvalue weighted by Crippen LogP contribution is 2.22. The van der Waals surface area contributed by atoms with Gasteiger partial charge in [-0.1, -0.05) is 19.1 Å². The first kappa shape index (κ1) is 15.5. The van der Waals surface area contributed by atoms with Gasteiger partial charge < -0.3 is 10.2 Å². The lowest BCUT2D eigenvalue weighted by Crippen LogP contribution is -2.41. The molecule has 2 aromatic rings. The monoisotopic (exact) mass is 310 g/mol. The Labute approximate surface area is 136 Å². The molecule has 2 heterocycles. The lowest BCUT2D eigenvalue weighted by molar-refractivity contribution is -0.120. The molecule has 1 fully saturated rings. The van der Waals surface area contributed by atoms with E-state index >= 15 is 0 Å². The molecule has 1 aromatic heterocycles.